The minimum atomic E-state index is -0.796. The Morgan fingerprint density at radius 2 is 1.19 bits per heavy atom. The SMILES string of the molecule is CCCCC/C=C\C/C=C\CC1OC1C/C=C\CCCC(=O)OC[C@H](CO)OC(=O)CCCCCCCCCCCCCCC(C)C. The molecule has 47 heavy (non-hydrogen) atoms. The second-order valence-corrected chi connectivity index (χ2v) is 13.9. The number of esters is 2. The second-order valence-electron chi connectivity index (χ2n) is 13.9. The van der Waals surface area contributed by atoms with Gasteiger partial charge >= 0.3 is 11.9 Å². The van der Waals surface area contributed by atoms with Gasteiger partial charge in [0, 0.05) is 12.8 Å². The fourth-order valence-electron chi connectivity index (χ4n) is 5.65. The van der Waals surface area contributed by atoms with Crippen molar-refractivity contribution in [2.45, 2.75) is 193 Å². The van der Waals surface area contributed by atoms with E-state index in [1.807, 2.05) is 0 Å². The van der Waals surface area contributed by atoms with Crippen LogP contribution >= 0.6 is 0 Å². The van der Waals surface area contributed by atoms with E-state index >= 15 is 0 Å². The third kappa shape index (κ3) is 28.8. The van der Waals surface area contributed by atoms with Crippen LogP contribution < -0.4 is 0 Å². The summed E-state index contributed by atoms with van der Waals surface area (Å²) in [5.41, 5.74) is 0. The number of carbonyl (C=O) groups excluding carboxylic acids is 2. The Bertz CT molecular complexity index is 832. The number of ether oxygens (including phenoxy) is 3. The Balaban J connectivity index is 1.93. The monoisotopic (exact) mass is 661 g/mol. The average molecular weight is 661 g/mol. The van der Waals surface area contributed by atoms with E-state index in [2.05, 4.69) is 57.2 Å². The molecule has 1 N–H and O–H groups in total. The number of epoxide rings is 1. The van der Waals surface area contributed by atoms with Gasteiger partial charge in [-0.3, -0.25) is 9.59 Å². The zero-order valence-electron chi connectivity index (χ0n) is 30.6. The molecule has 6 nitrogen and oxygen atoms in total. The fourth-order valence-corrected chi connectivity index (χ4v) is 5.65. The molecule has 1 heterocycles. The molecular weight excluding hydrogens is 588 g/mol. The highest BCUT2D eigenvalue weighted by atomic mass is 16.6. The van der Waals surface area contributed by atoms with Gasteiger partial charge in [-0.05, 0) is 57.3 Å². The van der Waals surface area contributed by atoms with Crippen LogP contribution in [0.1, 0.15) is 175 Å². The van der Waals surface area contributed by atoms with Gasteiger partial charge in [0.15, 0.2) is 6.10 Å². The molecule has 6 heteroatoms. The third-order valence-electron chi connectivity index (χ3n) is 8.77. The summed E-state index contributed by atoms with van der Waals surface area (Å²) in [7, 11) is 0. The molecule has 2 unspecified atom stereocenters. The van der Waals surface area contributed by atoms with Crippen LogP contribution in [0.2, 0.25) is 0 Å². The Hall–Kier alpha value is -1.92. The number of hydrogen-bond donors (Lipinski definition) is 1. The highest BCUT2D eigenvalue weighted by Gasteiger charge is 2.35. The van der Waals surface area contributed by atoms with Crippen LogP contribution in [0.25, 0.3) is 0 Å². The maximum Gasteiger partial charge on any atom is 0.306 e. The number of rotatable bonds is 33. The van der Waals surface area contributed by atoms with Crippen molar-refractivity contribution in [3.63, 3.8) is 0 Å². The molecule has 0 aromatic carbocycles. The molecule has 1 fully saturated rings. The zero-order chi connectivity index (χ0) is 34.2. The Kier molecular flexibility index (Phi) is 28.8. The van der Waals surface area contributed by atoms with Gasteiger partial charge in [0.2, 0.25) is 0 Å². The first-order valence-electron chi connectivity index (χ1n) is 19.5. The molecule has 1 aliphatic heterocycles. The first-order chi connectivity index (χ1) is 23.0. The second kappa shape index (κ2) is 31.4. The summed E-state index contributed by atoms with van der Waals surface area (Å²) < 4.78 is 16.3. The van der Waals surface area contributed by atoms with E-state index in [4.69, 9.17) is 14.2 Å². The summed E-state index contributed by atoms with van der Waals surface area (Å²) >= 11 is 0. The van der Waals surface area contributed by atoms with Gasteiger partial charge in [-0.2, -0.15) is 0 Å². The van der Waals surface area contributed by atoms with E-state index in [1.54, 1.807) is 0 Å². The number of hydrogen-bond acceptors (Lipinski definition) is 6. The van der Waals surface area contributed by atoms with Crippen LogP contribution in [0.4, 0.5) is 0 Å². The summed E-state index contributed by atoms with van der Waals surface area (Å²) in [5, 5.41) is 9.55. The van der Waals surface area contributed by atoms with E-state index in [1.165, 1.54) is 89.9 Å². The van der Waals surface area contributed by atoms with E-state index in [9.17, 15) is 14.7 Å². The van der Waals surface area contributed by atoms with Gasteiger partial charge in [0.25, 0.3) is 0 Å². The first kappa shape index (κ1) is 43.1. The maximum atomic E-state index is 12.2. The van der Waals surface area contributed by atoms with Crippen LogP contribution in [-0.4, -0.2) is 48.6 Å². The van der Waals surface area contributed by atoms with Crippen LogP contribution in [0.3, 0.4) is 0 Å². The number of carbonyl (C=O) groups is 2. The van der Waals surface area contributed by atoms with Crippen molar-refractivity contribution in [1.82, 2.24) is 0 Å². The molecule has 0 aliphatic carbocycles. The highest BCUT2D eigenvalue weighted by Crippen LogP contribution is 2.29. The van der Waals surface area contributed by atoms with Gasteiger partial charge in [-0.1, -0.05) is 147 Å². The molecule has 1 aliphatic rings. The number of aliphatic hydroxyl groups excluding tert-OH is 1. The van der Waals surface area contributed by atoms with Crippen molar-refractivity contribution in [3.05, 3.63) is 36.5 Å². The summed E-state index contributed by atoms with van der Waals surface area (Å²) in [6.07, 6.45) is 39.5. The van der Waals surface area contributed by atoms with Crippen molar-refractivity contribution in [2.75, 3.05) is 13.2 Å². The topological polar surface area (TPSA) is 85.4 Å². The molecule has 272 valence electrons. The molecule has 0 aromatic heterocycles. The molecule has 0 amide bonds. The highest BCUT2D eigenvalue weighted by molar-refractivity contribution is 5.70. The summed E-state index contributed by atoms with van der Waals surface area (Å²) in [6.45, 7) is 6.39. The molecular formula is C41H72O6. The summed E-state index contributed by atoms with van der Waals surface area (Å²) in [5.74, 6) is 0.172. The molecule has 0 radical (unpaired) electrons. The third-order valence-corrected chi connectivity index (χ3v) is 8.77. The molecule has 0 saturated carbocycles. The van der Waals surface area contributed by atoms with Crippen molar-refractivity contribution < 1.29 is 28.9 Å². The Labute approximate surface area is 289 Å². The van der Waals surface area contributed by atoms with Crippen LogP contribution in [0, 0.1) is 5.92 Å². The minimum Gasteiger partial charge on any atom is -0.462 e. The molecule has 0 aromatic rings. The summed E-state index contributed by atoms with van der Waals surface area (Å²) in [6, 6.07) is 0. The van der Waals surface area contributed by atoms with Crippen molar-refractivity contribution in [2.24, 2.45) is 5.92 Å². The predicted octanol–water partition coefficient (Wildman–Crippen LogP) is 10.9. The number of unbranched alkanes of at least 4 members (excludes halogenated alkanes) is 15. The molecule has 1 rings (SSSR count). The van der Waals surface area contributed by atoms with Gasteiger partial charge in [0.05, 0.1) is 18.8 Å². The van der Waals surface area contributed by atoms with E-state index in [0.717, 1.165) is 50.9 Å². The molecule has 3 atom stereocenters. The summed E-state index contributed by atoms with van der Waals surface area (Å²) in [4.78, 5) is 24.3. The Morgan fingerprint density at radius 1 is 0.660 bits per heavy atom. The molecule has 1 saturated heterocycles. The lowest BCUT2D eigenvalue weighted by atomic mass is 10.0. The lowest BCUT2D eigenvalue weighted by Crippen LogP contribution is -2.28. The minimum absolute atomic E-state index is 0.0983. The van der Waals surface area contributed by atoms with Crippen LogP contribution in [0.5, 0.6) is 0 Å². The maximum absolute atomic E-state index is 12.2. The molecule has 0 spiro atoms. The van der Waals surface area contributed by atoms with E-state index < -0.39 is 6.10 Å². The lowest BCUT2D eigenvalue weighted by Gasteiger charge is -2.15. The predicted molar refractivity (Wildman–Crippen MR) is 195 cm³/mol. The zero-order valence-corrected chi connectivity index (χ0v) is 30.6. The van der Waals surface area contributed by atoms with Gasteiger partial charge < -0.3 is 19.3 Å². The largest absolute Gasteiger partial charge is 0.462 e. The lowest BCUT2D eigenvalue weighted by molar-refractivity contribution is -0.161. The number of allylic oxidation sites excluding steroid dienone is 4. The van der Waals surface area contributed by atoms with E-state index in [0.29, 0.717) is 31.5 Å². The quantitative estimate of drug-likeness (QED) is 0.0326. The Morgan fingerprint density at radius 3 is 1.81 bits per heavy atom. The average Bonchev–Trinajstić information content (AvgIpc) is 3.81. The van der Waals surface area contributed by atoms with Crippen molar-refractivity contribution in [3.8, 4) is 0 Å². The fraction of sp³-hybridized carbons (Fsp3) is 0.805. The number of aliphatic hydroxyl groups is 1. The smallest absolute Gasteiger partial charge is 0.306 e. The van der Waals surface area contributed by atoms with Gasteiger partial charge in [0.1, 0.15) is 6.61 Å². The van der Waals surface area contributed by atoms with Crippen molar-refractivity contribution >= 4 is 11.9 Å². The van der Waals surface area contributed by atoms with E-state index in [-0.39, 0.29) is 25.2 Å². The standard InChI is InChI=1S/C41H72O6/c1-4-5-6-7-8-13-17-20-25-30-38-39(47-38)31-26-22-23-27-32-40(43)45-35-37(34-42)46-41(44)33-28-21-18-15-12-10-9-11-14-16-19-24-29-36(2)3/h8,13,20,22,25-26,36-39,42H,4-7,9-12,14-19,21,23-24,27-35H2,1-3H3/b13-8-,25-20-,26-22-/t37-,38?,39?/m0/s1. The normalized spacial score (nSPS) is 17.0. The van der Waals surface area contributed by atoms with Crippen LogP contribution in [0.15, 0.2) is 36.5 Å². The van der Waals surface area contributed by atoms with Crippen LogP contribution in [-0.2, 0) is 23.8 Å². The van der Waals surface area contributed by atoms with Gasteiger partial charge in [-0.25, -0.2) is 0 Å². The first-order valence-corrected chi connectivity index (χ1v) is 19.5. The van der Waals surface area contributed by atoms with Gasteiger partial charge in [-0.15, -0.1) is 0 Å². The van der Waals surface area contributed by atoms with Crippen molar-refractivity contribution in [1.29, 1.82) is 0 Å². The molecule has 0 bridgehead atoms.